The van der Waals surface area contributed by atoms with Crippen molar-refractivity contribution >= 4 is 0 Å². The van der Waals surface area contributed by atoms with Crippen LogP contribution in [0.5, 0.6) is 11.5 Å². The first kappa shape index (κ1) is 17.8. The largest absolute Gasteiger partial charge is 0.508 e. The van der Waals surface area contributed by atoms with Crippen molar-refractivity contribution in [3.05, 3.63) is 60.0 Å². The molecule has 0 saturated heterocycles. The Hall–Kier alpha value is -2.96. The van der Waals surface area contributed by atoms with Crippen LogP contribution in [0.15, 0.2) is 48.9 Å². The Bertz CT molecular complexity index is 929. The molecule has 0 saturated carbocycles. The SMILES string of the molecule is CC(C)c1cc(-c2cncn2-c2ccc(C(F)(F)F)cc2)c(O)cc1O. The molecule has 4 nitrogen and oxygen atoms in total. The second-order valence-electron chi connectivity index (χ2n) is 6.28. The van der Waals surface area contributed by atoms with Gasteiger partial charge < -0.3 is 10.2 Å². The molecule has 1 aromatic heterocycles. The predicted molar refractivity (Wildman–Crippen MR) is 91.4 cm³/mol. The molecule has 2 N–H and O–H groups in total. The van der Waals surface area contributed by atoms with E-state index in [-0.39, 0.29) is 17.4 Å². The molecule has 0 bridgehead atoms. The minimum Gasteiger partial charge on any atom is -0.508 e. The van der Waals surface area contributed by atoms with E-state index in [1.807, 2.05) is 13.8 Å². The smallest absolute Gasteiger partial charge is 0.416 e. The minimum atomic E-state index is -4.41. The number of imidazole rings is 1. The molecule has 0 aliphatic rings. The number of benzene rings is 2. The lowest BCUT2D eigenvalue weighted by atomic mass is 9.97. The maximum atomic E-state index is 12.7. The number of rotatable bonds is 3. The van der Waals surface area contributed by atoms with E-state index in [1.54, 1.807) is 10.6 Å². The Balaban J connectivity index is 2.09. The number of alkyl halides is 3. The van der Waals surface area contributed by atoms with E-state index >= 15 is 0 Å². The summed E-state index contributed by atoms with van der Waals surface area (Å²) >= 11 is 0. The second-order valence-corrected chi connectivity index (χ2v) is 6.28. The molecule has 0 aliphatic heterocycles. The van der Waals surface area contributed by atoms with Crippen LogP contribution < -0.4 is 0 Å². The quantitative estimate of drug-likeness (QED) is 0.682. The zero-order valence-corrected chi connectivity index (χ0v) is 14.1. The molecule has 2 aromatic carbocycles. The number of aromatic nitrogens is 2. The molecule has 0 fully saturated rings. The molecule has 0 radical (unpaired) electrons. The van der Waals surface area contributed by atoms with Gasteiger partial charge in [0.1, 0.15) is 11.5 Å². The molecule has 0 spiro atoms. The third-order valence-electron chi connectivity index (χ3n) is 4.15. The van der Waals surface area contributed by atoms with Crippen LogP contribution in [0, 0.1) is 0 Å². The van der Waals surface area contributed by atoms with Crippen LogP contribution in [-0.2, 0) is 6.18 Å². The van der Waals surface area contributed by atoms with Gasteiger partial charge in [-0.3, -0.25) is 4.57 Å². The Labute approximate surface area is 148 Å². The summed E-state index contributed by atoms with van der Waals surface area (Å²) in [5, 5.41) is 20.2. The maximum absolute atomic E-state index is 12.7. The topological polar surface area (TPSA) is 58.3 Å². The molecular formula is C19H17F3N2O2. The molecule has 0 amide bonds. The Kier molecular flexibility index (Phi) is 4.39. The van der Waals surface area contributed by atoms with Crippen molar-refractivity contribution < 1.29 is 23.4 Å². The van der Waals surface area contributed by atoms with Gasteiger partial charge in [-0.25, -0.2) is 4.98 Å². The molecule has 1 heterocycles. The number of aromatic hydroxyl groups is 2. The summed E-state index contributed by atoms with van der Waals surface area (Å²) in [7, 11) is 0. The van der Waals surface area contributed by atoms with Crippen molar-refractivity contribution in [3.63, 3.8) is 0 Å². The monoisotopic (exact) mass is 362 g/mol. The highest BCUT2D eigenvalue weighted by molar-refractivity contribution is 5.71. The van der Waals surface area contributed by atoms with Crippen LogP contribution in [0.4, 0.5) is 13.2 Å². The number of hydrogen-bond donors (Lipinski definition) is 2. The van der Waals surface area contributed by atoms with Gasteiger partial charge in [0, 0.05) is 17.3 Å². The van der Waals surface area contributed by atoms with Gasteiger partial charge in [0.05, 0.1) is 23.8 Å². The lowest BCUT2D eigenvalue weighted by Gasteiger charge is -2.15. The van der Waals surface area contributed by atoms with Gasteiger partial charge in [0.2, 0.25) is 0 Å². The van der Waals surface area contributed by atoms with Gasteiger partial charge >= 0.3 is 6.18 Å². The molecule has 3 aromatic rings. The molecule has 26 heavy (non-hydrogen) atoms. The molecule has 136 valence electrons. The predicted octanol–water partition coefficient (Wildman–Crippen LogP) is 5.09. The zero-order chi connectivity index (χ0) is 19.1. The molecule has 0 unspecified atom stereocenters. The van der Waals surface area contributed by atoms with Crippen molar-refractivity contribution in [1.29, 1.82) is 0 Å². The van der Waals surface area contributed by atoms with Gasteiger partial charge in [-0.15, -0.1) is 0 Å². The van der Waals surface area contributed by atoms with E-state index in [0.717, 1.165) is 12.1 Å². The van der Waals surface area contributed by atoms with E-state index in [2.05, 4.69) is 4.98 Å². The van der Waals surface area contributed by atoms with E-state index in [4.69, 9.17) is 0 Å². The van der Waals surface area contributed by atoms with E-state index in [0.29, 0.717) is 22.5 Å². The van der Waals surface area contributed by atoms with Crippen LogP contribution in [-0.4, -0.2) is 19.8 Å². The summed E-state index contributed by atoms with van der Waals surface area (Å²) in [6.45, 7) is 3.81. The van der Waals surface area contributed by atoms with Crippen LogP contribution in [0.2, 0.25) is 0 Å². The van der Waals surface area contributed by atoms with Crippen molar-refractivity contribution in [2.75, 3.05) is 0 Å². The van der Waals surface area contributed by atoms with Gasteiger partial charge in [-0.05, 0) is 41.8 Å². The highest BCUT2D eigenvalue weighted by Crippen LogP contribution is 2.38. The number of phenolic OH excluding ortho intramolecular Hbond substituents is 2. The number of halogens is 3. The fourth-order valence-corrected chi connectivity index (χ4v) is 2.77. The van der Waals surface area contributed by atoms with Crippen molar-refractivity contribution in [2.24, 2.45) is 0 Å². The van der Waals surface area contributed by atoms with Crippen LogP contribution >= 0.6 is 0 Å². The van der Waals surface area contributed by atoms with Gasteiger partial charge in [0.25, 0.3) is 0 Å². The summed E-state index contributed by atoms with van der Waals surface area (Å²) in [4.78, 5) is 4.05. The lowest BCUT2D eigenvalue weighted by Crippen LogP contribution is -2.05. The second kappa shape index (κ2) is 6.40. The summed E-state index contributed by atoms with van der Waals surface area (Å²) in [5.41, 5.74) is 1.33. The van der Waals surface area contributed by atoms with Crippen molar-refractivity contribution in [1.82, 2.24) is 9.55 Å². The average Bonchev–Trinajstić information content (AvgIpc) is 3.03. The zero-order valence-electron chi connectivity index (χ0n) is 14.1. The van der Waals surface area contributed by atoms with Crippen LogP contribution in [0.1, 0.15) is 30.9 Å². The summed E-state index contributed by atoms with van der Waals surface area (Å²) in [6, 6.07) is 7.59. The summed E-state index contributed by atoms with van der Waals surface area (Å²) in [6.07, 6.45) is -1.44. The molecule has 7 heteroatoms. The fraction of sp³-hybridized carbons (Fsp3) is 0.211. The minimum absolute atomic E-state index is 0.0122. The highest BCUT2D eigenvalue weighted by Gasteiger charge is 2.30. The number of nitrogens with zero attached hydrogens (tertiary/aromatic N) is 2. The maximum Gasteiger partial charge on any atom is 0.416 e. The first-order valence-electron chi connectivity index (χ1n) is 7.94. The number of hydrogen-bond acceptors (Lipinski definition) is 3. The summed E-state index contributed by atoms with van der Waals surface area (Å²) in [5.74, 6) is -0.126. The van der Waals surface area contributed by atoms with Gasteiger partial charge in [-0.2, -0.15) is 13.2 Å². The average molecular weight is 362 g/mol. The highest BCUT2D eigenvalue weighted by atomic mass is 19.4. The van der Waals surface area contributed by atoms with Crippen LogP contribution in [0.3, 0.4) is 0 Å². The van der Waals surface area contributed by atoms with E-state index in [1.165, 1.54) is 30.7 Å². The first-order valence-corrected chi connectivity index (χ1v) is 7.94. The Morgan fingerprint density at radius 3 is 2.23 bits per heavy atom. The van der Waals surface area contributed by atoms with Crippen molar-refractivity contribution in [3.8, 4) is 28.4 Å². The first-order chi connectivity index (χ1) is 12.2. The molecule has 0 aliphatic carbocycles. The van der Waals surface area contributed by atoms with E-state index < -0.39 is 11.7 Å². The molecule has 3 rings (SSSR count). The molecule has 0 atom stereocenters. The lowest BCUT2D eigenvalue weighted by molar-refractivity contribution is -0.137. The van der Waals surface area contributed by atoms with Gasteiger partial charge in [-0.1, -0.05) is 13.8 Å². The van der Waals surface area contributed by atoms with Crippen LogP contribution in [0.25, 0.3) is 16.9 Å². The normalized spacial score (nSPS) is 11.9. The Morgan fingerprint density at radius 1 is 1.00 bits per heavy atom. The molecular weight excluding hydrogens is 345 g/mol. The summed E-state index contributed by atoms with van der Waals surface area (Å²) < 4.78 is 39.8. The third kappa shape index (κ3) is 3.24. The number of phenols is 2. The van der Waals surface area contributed by atoms with E-state index in [9.17, 15) is 23.4 Å². The standard InChI is InChI=1S/C19H17F3N2O2/c1-11(2)14-7-15(18(26)8-17(14)25)16-9-23-10-24(16)13-5-3-12(4-6-13)19(20,21)22/h3-11,25-26H,1-2H3. The third-order valence-corrected chi connectivity index (χ3v) is 4.15. The Morgan fingerprint density at radius 2 is 1.65 bits per heavy atom. The van der Waals surface area contributed by atoms with Crippen molar-refractivity contribution in [2.45, 2.75) is 25.9 Å². The van der Waals surface area contributed by atoms with Gasteiger partial charge in [0.15, 0.2) is 0 Å². The fourth-order valence-electron chi connectivity index (χ4n) is 2.77.